The fraction of sp³-hybridized carbons (Fsp3) is 0.889. The van der Waals surface area contributed by atoms with Crippen molar-refractivity contribution in [3.63, 3.8) is 0 Å². The Balaban J connectivity index is 4.04. The van der Waals surface area contributed by atoms with Crippen LogP contribution < -0.4 is 0 Å². The lowest BCUT2D eigenvalue weighted by Gasteiger charge is -2.34. The van der Waals surface area contributed by atoms with Gasteiger partial charge in [0.15, 0.2) is 0 Å². The molecule has 0 saturated carbocycles. The maximum atomic E-state index is 10.7. The third-order valence-electron chi connectivity index (χ3n) is 2.12. The smallest absolute Gasteiger partial charge is 0.307 e. The summed E-state index contributed by atoms with van der Waals surface area (Å²) in [6.45, 7) is 6.52. The number of carbonyl (C=O) groups is 1. The molecule has 3 nitrogen and oxygen atoms in total. The highest BCUT2D eigenvalue weighted by Gasteiger charge is 2.24. The van der Waals surface area contributed by atoms with E-state index in [0.29, 0.717) is 0 Å². The molecule has 1 unspecified atom stereocenters. The molecule has 1 atom stereocenters. The Labute approximate surface area is 74.9 Å². The summed E-state index contributed by atoms with van der Waals surface area (Å²) in [7, 11) is 4.13. The van der Waals surface area contributed by atoms with Gasteiger partial charge in [0.2, 0.25) is 6.23 Å². The van der Waals surface area contributed by atoms with Gasteiger partial charge in [-0.2, -0.15) is 0 Å². The topological polar surface area (TPSA) is 26.3 Å². The summed E-state index contributed by atoms with van der Waals surface area (Å²) in [6, 6.07) is 0. The zero-order chi connectivity index (χ0) is 9.78. The van der Waals surface area contributed by atoms with Crippen LogP contribution in [0, 0.1) is 0 Å². The molecule has 72 valence electrons. The minimum absolute atomic E-state index is 0.0533. The molecule has 0 amide bonds. The Kier molecular flexibility index (Phi) is 4.24. The van der Waals surface area contributed by atoms with E-state index in [1.54, 1.807) is 0 Å². The van der Waals surface area contributed by atoms with E-state index in [1.165, 1.54) is 6.92 Å². The van der Waals surface area contributed by atoms with E-state index in [9.17, 15) is 4.79 Å². The highest BCUT2D eigenvalue weighted by Crippen LogP contribution is 2.08. The van der Waals surface area contributed by atoms with Crippen molar-refractivity contribution in [2.75, 3.05) is 20.6 Å². The van der Waals surface area contributed by atoms with Crippen LogP contribution in [0.5, 0.6) is 0 Å². The molecule has 0 aromatic rings. The van der Waals surface area contributed by atoms with Gasteiger partial charge in [0.1, 0.15) is 0 Å². The molecule has 0 saturated heterocycles. The molecule has 0 bridgehead atoms. The second-order valence-electron chi connectivity index (χ2n) is 3.71. The second-order valence-corrected chi connectivity index (χ2v) is 3.71. The van der Waals surface area contributed by atoms with Crippen LogP contribution in [0.3, 0.4) is 0 Å². The molecule has 0 aromatic heterocycles. The van der Waals surface area contributed by atoms with Crippen LogP contribution in [0.15, 0.2) is 0 Å². The van der Waals surface area contributed by atoms with Gasteiger partial charge in [0.25, 0.3) is 0 Å². The fourth-order valence-corrected chi connectivity index (χ4v) is 1.14. The molecular formula is C9H20NO2+. The van der Waals surface area contributed by atoms with Gasteiger partial charge in [-0.3, -0.25) is 9.28 Å². The summed E-state index contributed by atoms with van der Waals surface area (Å²) >= 11 is 0. The molecule has 0 radical (unpaired) electrons. The van der Waals surface area contributed by atoms with Crippen molar-refractivity contribution in [2.45, 2.75) is 33.4 Å². The predicted molar refractivity (Wildman–Crippen MR) is 48.5 cm³/mol. The molecule has 0 fully saturated rings. The molecule has 0 aromatic carbocycles. The number of carbonyl (C=O) groups excluding carboxylic acids is 1. The summed E-state index contributed by atoms with van der Waals surface area (Å²) < 4.78 is 5.83. The number of hydrogen-bond acceptors (Lipinski definition) is 2. The molecule has 0 aliphatic heterocycles. The molecule has 12 heavy (non-hydrogen) atoms. The molecular weight excluding hydrogens is 154 g/mol. The van der Waals surface area contributed by atoms with Crippen molar-refractivity contribution in [3.05, 3.63) is 0 Å². The van der Waals surface area contributed by atoms with E-state index in [0.717, 1.165) is 17.4 Å². The van der Waals surface area contributed by atoms with Gasteiger partial charge >= 0.3 is 5.97 Å². The van der Waals surface area contributed by atoms with Gasteiger partial charge in [-0.1, -0.05) is 6.92 Å². The summed E-state index contributed by atoms with van der Waals surface area (Å²) in [5.41, 5.74) is 0. The lowest BCUT2D eigenvalue weighted by atomic mass is 10.3. The zero-order valence-corrected chi connectivity index (χ0v) is 8.76. The number of esters is 1. The van der Waals surface area contributed by atoms with Crippen LogP contribution in [0.2, 0.25) is 0 Å². The van der Waals surface area contributed by atoms with Crippen LogP contribution in [0.25, 0.3) is 0 Å². The lowest BCUT2D eigenvalue weighted by molar-refractivity contribution is -0.932. The third-order valence-corrected chi connectivity index (χ3v) is 2.12. The largest absolute Gasteiger partial charge is 0.413 e. The number of ether oxygens (including phenoxy) is 1. The number of hydrogen-bond donors (Lipinski definition) is 0. The maximum Gasteiger partial charge on any atom is 0.307 e. The molecule has 0 heterocycles. The quantitative estimate of drug-likeness (QED) is 0.365. The predicted octanol–water partition coefficient (Wildman–Crippen LogP) is 1.38. The van der Waals surface area contributed by atoms with Crippen LogP contribution >= 0.6 is 0 Å². The van der Waals surface area contributed by atoms with E-state index in [2.05, 4.69) is 21.0 Å². The number of nitrogens with zero attached hydrogens (tertiary/aromatic N) is 1. The highest BCUT2D eigenvalue weighted by atomic mass is 16.6. The first kappa shape index (κ1) is 11.4. The molecule has 0 spiro atoms. The van der Waals surface area contributed by atoms with Crippen molar-refractivity contribution in [2.24, 2.45) is 0 Å². The monoisotopic (exact) mass is 174 g/mol. The first-order valence-corrected chi connectivity index (χ1v) is 4.40. The standard InChI is InChI=1S/C9H20NO2/c1-6-7-10(4,5)8(2)12-9(3)11/h8H,6-7H2,1-5H3/q+1. The maximum absolute atomic E-state index is 10.7. The first-order valence-electron chi connectivity index (χ1n) is 4.40. The van der Waals surface area contributed by atoms with Crippen LogP contribution in [0.1, 0.15) is 27.2 Å². The fourth-order valence-electron chi connectivity index (χ4n) is 1.14. The van der Waals surface area contributed by atoms with Crippen molar-refractivity contribution in [1.29, 1.82) is 0 Å². The minimum atomic E-state index is -0.204. The zero-order valence-electron chi connectivity index (χ0n) is 8.76. The minimum Gasteiger partial charge on any atom is -0.413 e. The van der Waals surface area contributed by atoms with E-state index < -0.39 is 0 Å². The van der Waals surface area contributed by atoms with Gasteiger partial charge in [0.05, 0.1) is 20.6 Å². The van der Waals surface area contributed by atoms with E-state index in [1.807, 2.05) is 6.92 Å². The van der Waals surface area contributed by atoms with Gasteiger partial charge in [-0.15, -0.1) is 0 Å². The van der Waals surface area contributed by atoms with Crippen LogP contribution in [-0.2, 0) is 9.53 Å². The van der Waals surface area contributed by atoms with E-state index in [-0.39, 0.29) is 12.2 Å². The molecule has 0 aliphatic carbocycles. The SMILES string of the molecule is CCC[N+](C)(C)C(C)OC(C)=O. The van der Waals surface area contributed by atoms with Gasteiger partial charge in [0, 0.05) is 13.8 Å². The first-order chi connectivity index (χ1) is 5.40. The van der Waals surface area contributed by atoms with Crippen molar-refractivity contribution in [1.82, 2.24) is 0 Å². The normalized spacial score (nSPS) is 14.1. The summed E-state index contributed by atoms with van der Waals surface area (Å²) in [6.07, 6.45) is 1.04. The Hall–Kier alpha value is -0.570. The van der Waals surface area contributed by atoms with Crippen molar-refractivity contribution >= 4 is 5.97 Å². The van der Waals surface area contributed by atoms with Crippen molar-refractivity contribution in [3.8, 4) is 0 Å². The summed E-state index contributed by atoms with van der Waals surface area (Å²) in [5.74, 6) is -0.204. The van der Waals surface area contributed by atoms with Gasteiger partial charge < -0.3 is 4.74 Å². The molecule has 0 N–H and O–H groups in total. The number of rotatable bonds is 4. The Morgan fingerprint density at radius 3 is 2.33 bits per heavy atom. The molecule has 3 heteroatoms. The van der Waals surface area contributed by atoms with E-state index in [4.69, 9.17) is 4.74 Å². The van der Waals surface area contributed by atoms with E-state index >= 15 is 0 Å². The average molecular weight is 174 g/mol. The lowest BCUT2D eigenvalue weighted by Crippen LogP contribution is -2.49. The summed E-state index contributed by atoms with van der Waals surface area (Å²) in [5, 5.41) is 0. The molecule has 0 rings (SSSR count). The Bertz CT molecular complexity index is 155. The highest BCUT2D eigenvalue weighted by molar-refractivity contribution is 5.65. The summed E-state index contributed by atoms with van der Waals surface area (Å²) in [4.78, 5) is 10.7. The van der Waals surface area contributed by atoms with Crippen molar-refractivity contribution < 1.29 is 14.0 Å². The van der Waals surface area contributed by atoms with Gasteiger partial charge in [-0.05, 0) is 6.42 Å². The van der Waals surface area contributed by atoms with Crippen LogP contribution in [0.4, 0.5) is 0 Å². The average Bonchev–Trinajstić information content (AvgIpc) is 1.85. The number of quaternary nitrogens is 1. The second kappa shape index (κ2) is 4.45. The Morgan fingerprint density at radius 2 is 2.00 bits per heavy atom. The Morgan fingerprint density at radius 1 is 1.50 bits per heavy atom. The van der Waals surface area contributed by atoms with Gasteiger partial charge in [-0.25, -0.2) is 0 Å². The van der Waals surface area contributed by atoms with Crippen LogP contribution in [-0.4, -0.2) is 37.3 Å². The third kappa shape index (κ3) is 3.72. The molecule has 0 aliphatic rings.